The van der Waals surface area contributed by atoms with E-state index in [0.717, 1.165) is 76.1 Å². The molecule has 154 valence electrons. The third-order valence-corrected chi connectivity index (χ3v) is 6.85. The van der Waals surface area contributed by atoms with Crippen LogP contribution < -0.4 is 4.90 Å². The molecule has 2 fully saturated rings. The lowest BCUT2D eigenvalue weighted by Crippen LogP contribution is -2.52. The Morgan fingerprint density at radius 3 is 2.55 bits per heavy atom. The molecule has 1 aromatic carbocycles. The van der Waals surface area contributed by atoms with Gasteiger partial charge in [0.15, 0.2) is 0 Å². The summed E-state index contributed by atoms with van der Waals surface area (Å²) < 4.78 is 13.5. The highest BCUT2D eigenvalue weighted by molar-refractivity contribution is 5.50. The van der Waals surface area contributed by atoms with Crippen LogP contribution in [0.15, 0.2) is 30.6 Å². The molecule has 0 spiro atoms. The first-order chi connectivity index (χ1) is 14.3. The zero-order valence-electron chi connectivity index (χ0n) is 17.1. The van der Waals surface area contributed by atoms with Crippen molar-refractivity contribution in [2.45, 2.75) is 44.7 Å². The number of aromatic nitrogens is 2. The summed E-state index contributed by atoms with van der Waals surface area (Å²) in [4.78, 5) is 16.9. The number of anilines is 1. The van der Waals surface area contributed by atoms with Crippen LogP contribution in [0.1, 0.15) is 36.1 Å². The Morgan fingerprint density at radius 2 is 1.79 bits per heavy atom. The Hall–Kier alpha value is -2.05. The number of halogens is 1. The molecule has 1 saturated carbocycles. The van der Waals surface area contributed by atoms with Gasteiger partial charge in [-0.25, -0.2) is 14.4 Å². The molecule has 0 unspecified atom stereocenters. The van der Waals surface area contributed by atoms with E-state index in [0.29, 0.717) is 0 Å². The minimum absolute atomic E-state index is 0.158. The van der Waals surface area contributed by atoms with E-state index in [1.54, 1.807) is 18.5 Å². The van der Waals surface area contributed by atoms with E-state index in [9.17, 15) is 4.39 Å². The summed E-state index contributed by atoms with van der Waals surface area (Å²) >= 11 is 0. The van der Waals surface area contributed by atoms with Crippen LogP contribution in [0.5, 0.6) is 0 Å². The SMILES string of the molecule is Fc1cccc(CN2CCc3ncnc(N4CCN(C5CCC5)CC4)c3CC2)c1. The van der Waals surface area contributed by atoms with Gasteiger partial charge in [-0.2, -0.15) is 0 Å². The maximum absolute atomic E-state index is 13.5. The van der Waals surface area contributed by atoms with Gasteiger partial charge in [-0.15, -0.1) is 0 Å². The van der Waals surface area contributed by atoms with Gasteiger partial charge in [0.05, 0.1) is 5.69 Å². The molecule has 0 bridgehead atoms. The van der Waals surface area contributed by atoms with E-state index in [1.807, 2.05) is 6.07 Å². The van der Waals surface area contributed by atoms with E-state index in [1.165, 1.54) is 36.6 Å². The monoisotopic (exact) mass is 395 g/mol. The van der Waals surface area contributed by atoms with Gasteiger partial charge in [-0.3, -0.25) is 9.80 Å². The second-order valence-corrected chi connectivity index (χ2v) is 8.64. The van der Waals surface area contributed by atoms with Crippen molar-refractivity contribution in [2.24, 2.45) is 0 Å². The number of rotatable bonds is 4. The second kappa shape index (κ2) is 8.36. The predicted octanol–water partition coefficient (Wildman–Crippen LogP) is 2.89. The highest BCUT2D eigenvalue weighted by atomic mass is 19.1. The zero-order chi connectivity index (χ0) is 19.6. The first-order valence-corrected chi connectivity index (χ1v) is 11.0. The number of fused-ring (bicyclic) bond motifs is 1. The highest BCUT2D eigenvalue weighted by Crippen LogP contribution is 2.28. The summed E-state index contributed by atoms with van der Waals surface area (Å²) in [6.07, 6.45) is 7.80. The van der Waals surface area contributed by atoms with Gasteiger partial charge in [0, 0.05) is 63.8 Å². The molecule has 5 rings (SSSR count). The predicted molar refractivity (Wildman–Crippen MR) is 113 cm³/mol. The van der Waals surface area contributed by atoms with Crippen LogP contribution in [0.4, 0.5) is 10.2 Å². The van der Waals surface area contributed by atoms with Crippen molar-refractivity contribution < 1.29 is 4.39 Å². The molecular formula is C23H30FN5. The average Bonchev–Trinajstić information content (AvgIpc) is 2.90. The molecule has 3 heterocycles. The molecule has 0 radical (unpaired) electrons. The molecule has 1 aliphatic carbocycles. The zero-order valence-corrected chi connectivity index (χ0v) is 17.1. The van der Waals surface area contributed by atoms with Gasteiger partial charge in [0.2, 0.25) is 0 Å². The van der Waals surface area contributed by atoms with Gasteiger partial charge in [-0.05, 0) is 37.0 Å². The molecule has 29 heavy (non-hydrogen) atoms. The molecule has 1 saturated heterocycles. The quantitative estimate of drug-likeness (QED) is 0.796. The molecule has 2 aliphatic heterocycles. The van der Waals surface area contributed by atoms with E-state index in [-0.39, 0.29) is 5.82 Å². The molecule has 1 aromatic heterocycles. The first-order valence-electron chi connectivity index (χ1n) is 11.0. The average molecular weight is 396 g/mol. The maximum Gasteiger partial charge on any atom is 0.135 e. The smallest absolute Gasteiger partial charge is 0.135 e. The van der Waals surface area contributed by atoms with Crippen molar-refractivity contribution in [1.82, 2.24) is 19.8 Å². The minimum Gasteiger partial charge on any atom is -0.354 e. The highest BCUT2D eigenvalue weighted by Gasteiger charge is 2.29. The summed E-state index contributed by atoms with van der Waals surface area (Å²) in [6.45, 7) is 7.13. The largest absolute Gasteiger partial charge is 0.354 e. The number of hydrogen-bond acceptors (Lipinski definition) is 5. The minimum atomic E-state index is -0.158. The van der Waals surface area contributed by atoms with Crippen LogP contribution in [0.25, 0.3) is 0 Å². The standard InChI is InChI=1S/C23H30FN5/c24-19-4-1-3-18(15-19)16-27-9-7-21-22(8-10-27)25-17-26-23(21)29-13-11-28(12-14-29)20-5-2-6-20/h1,3-4,15,17,20H,2,5-14,16H2. The fourth-order valence-corrected chi connectivity index (χ4v) is 4.93. The Labute approximate surface area is 172 Å². The van der Waals surface area contributed by atoms with E-state index < -0.39 is 0 Å². The molecule has 6 heteroatoms. The lowest BCUT2D eigenvalue weighted by Gasteiger charge is -2.43. The third-order valence-electron chi connectivity index (χ3n) is 6.85. The number of nitrogens with zero attached hydrogens (tertiary/aromatic N) is 5. The normalized spacial score (nSPS) is 21.5. The van der Waals surface area contributed by atoms with Gasteiger partial charge < -0.3 is 4.90 Å². The van der Waals surface area contributed by atoms with Crippen LogP contribution >= 0.6 is 0 Å². The molecule has 5 nitrogen and oxygen atoms in total. The van der Waals surface area contributed by atoms with Crippen molar-refractivity contribution in [3.8, 4) is 0 Å². The van der Waals surface area contributed by atoms with E-state index in [4.69, 9.17) is 4.98 Å². The van der Waals surface area contributed by atoms with Crippen LogP contribution in [-0.4, -0.2) is 65.1 Å². The van der Waals surface area contributed by atoms with Crippen LogP contribution in [0, 0.1) is 5.82 Å². The Balaban J connectivity index is 1.26. The van der Waals surface area contributed by atoms with Crippen molar-refractivity contribution in [3.63, 3.8) is 0 Å². The fourth-order valence-electron chi connectivity index (χ4n) is 4.93. The topological polar surface area (TPSA) is 35.5 Å². The second-order valence-electron chi connectivity index (χ2n) is 8.64. The molecule has 3 aliphatic rings. The van der Waals surface area contributed by atoms with Crippen molar-refractivity contribution in [1.29, 1.82) is 0 Å². The summed E-state index contributed by atoms with van der Waals surface area (Å²) in [7, 11) is 0. The number of piperazine rings is 1. The fraction of sp³-hybridized carbons (Fsp3) is 0.565. The lowest BCUT2D eigenvalue weighted by molar-refractivity contribution is 0.120. The van der Waals surface area contributed by atoms with Gasteiger partial charge in [-0.1, -0.05) is 18.6 Å². The van der Waals surface area contributed by atoms with Crippen LogP contribution in [0.3, 0.4) is 0 Å². The summed E-state index contributed by atoms with van der Waals surface area (Å²) in [5, 5.41) is 0. The lowest BCUT2D eigenvalue weighted by atomic mass is 9.91. The third kappa shape index (κ3) is 4.14. The molecule has 0 N–H and O–H groups in total. The van der Waals surface area contributed by atoms with Crippen molar-refractivity contribution in [3.05, 3.63) is 53.2 Å². The van der Waals surface area contributed by atoms with Gasteiger partial charge >= 0.3 is 0 Å². The van der Waals surface area contributed by atoms with Gasteiger partial charge in [0.25, 0.3) is 0 Å². The van der Waals surface area contributed by atoms with Crippen molar-refractivity contribution in [2.75, 3.05) is 44.2 Å². The molecule has 2 aromatic rings. The molecule has 0 atom stereocenters. The molecular weight excluding hydrogens is 365 g/mol. The maximum atomic E-state index is 13.5. The Bertz CT molecular complexity index is 845. The summed E-state index contributed by atoms with van der Waals surface area (Å²) in [6, 6.07) is 7.79. The van der Waals surface area contributed by atoms with E-state index in [2.05, 4.69) is 19.7 Å². The molecule has 0 amide bonds. The summed E-state index contributed by atoms with van der Waals surface area (Å²) in [5.74, 6) is 0.991. The van der Waals surface area contributed by atoms with Crippen LogP contribution in [-0.2, 0) is 19.4 Å². The first kappa shape index (κ1) is 18.9. The summed E-state index contributed by atoms with van der Waals surface area (Å²) in [5.41, 5.74) is 3.55. The van der Waals surface area contributed by atoms with Crippen molar-refractivity contribution >= 4 is 5.82 Å². The Morgan fingerprint density at radius 1 is 0.966 bits per heavy atom. The number of hydrogen-bond donors (Lipinski definition) is 0. The van der Waals surface area contributed by atoms with Gasteiger partial charge in [0.1, 0.15) is 18.0 Å². The Kier molecular flexibility index (Phi) is 5.46. The van der Waals surface area contributed by atoms with E-state index >= 15 is 0 Å². The number of benzene rings is 1. The van der Waals surface area contributed by atoms with Crippen LogP contribution in [0.2, 0.25) is 0 Å².